The fraction of sp³-hybridized carbons (Fsp3) is 0.421. The summed E-state index contributed by atoms with van der Waals surface area (Å²) in [5, 5.41) is 0. The Kier molecular flexibility index (Phi) is 9.05. The van der Waals surface area contributed by atoms with Crippen molar-refractivity contribution in [3.63, 3.8) is 0 Å². The number of halogens is 1. The molecule has 7 heteroatoms. The summed E-state index contributed by atoms with van der Waals surface area (Å²) in [6.07, 6.45) is -0.127. The van der Waals surface area contributed by atoms with Gasteiger partial charge < -0.3 is 14.4 Å². The van der Waals surface area contributed by atoms with Gasteiger partial charge in [0.05, 0.1) is 19.1 Å². The van der Waals surface area contributed by atoms with Crippen LogP contribution in [0.3, 0.4) is 0 Å². The lowest BCUT2D eigenvalue weighted by atomic mass is 10.1. The number of amides is 1. The van der Waals surface area contributed by atoms with Crippen LogP contribution in [0.4, 0.5) is 0 Å². The predicted molar refractivity (Wildman–Crippen MR) is 102 cm³/mol. The number of ketones is 1. The third-order valence-corrected chi connectivity index (χ3v) is 4.06. The molecule has 0 radical (unpaired) electrons. The number of esters is 1. The van der Waals surface area contributed by atoms with E-state index in [1.165, 1.54) is 7.11 Å². The number of rotatable bonds is 10. The number of hydrogen-bond donors (Lipinski definition) is 0. The quantitative estimate of drug-likeness (QED) is 0.326. The van der Waals surface area contributed by atoms with Gasteiger partial charge in [-0.3, -0.25) is 14.4 Å². The molecule has 1 aromatic rings. The Bertz CT molecular complexity index is 687. The summed E-state index contributed by atoms with van der Waals surface area (Å²) in [4.78, 5) is 37.7. The van der Waals surface area contributed by atoms with Crippen LogP contribution in [0.1, 0.15) is 37.0 Å². The molecule has 0 spiro atoms. The van der Waals surface area contributed by atoms with Gasteiger partial charge in [-0.05, 0) is 32.0 Å². The van der Waals surface area contributed by atoms with Gasteiger partial charge in [-0.1, -0.05) is 28.1 Å². The van der Waals surface area contributed by atoms with Gasteiger partial charge in [0, 0.05) is 24.0 Å². The molecule has 0 heterocycles. The van der Waals surface area contributed by atoms with Crippen molar-refractivity contribution in [1.29, 1.82) is 0 Å². The maximum atomic E-state index is 12.3. The van der Waals surface area contributed by atoms with Crippen molar-refractivity contribution in [3.05, 3.63) is 40.4 Å². The smallest absolute Gasteiger partial charge is 0.306 e. The van der Waals surface area contributed by atoms with Crippen LogP contribution in [-0.2, 0) is 14.3 Å². The zero-order valence-corrected chi connectivity index (χ0v) is 16.9. The molecular formula is C19H24BrNO5. The molecule has 6 nitrogen and oxygen atoms in total. The summed E-state index contributed by atoms with van der Waals surface area (Å²) in [5.74, 6) is -0.667. The summed E-state index contributed by atoms with van der Waals surface area (Å²) in [7, 11) is 1.48. The van der Waals surface area contributed by atoms with Crippen molar-refractivity contribution in [2.24, 2.45) is 0 Å². The largest absolute Gasteiger partial charge is 0.496 e. The standard InChI is InChI=1S/C19H24BrNO5/c1-5-21(11-13(2)3)18(23)12-26-19(24)9-7-16(22)15-10-14(20)6-8-17(15)25-4/h6,8,10H,2,5,7,9,11-12H2,1,3-4H3. The first kappa shape index (κ1) is 21.9. The molecule has 1 rings (SSSR count). The maximum absolute atomic E-state index is 12.3. The minimum Gasteiger partial charge on any atom is -0.496 e. The van der Waals surface area contributed by atoms with Gasteiger partial charge in [-0.15, -0.1) is 0 Å². The Morgan fingerprint density at radius 2 is 1.92 bits per heavy atom. The predicted octanol–water partition coefficient (Wildman–Crippen LogP) is 3.39. The Morgan fingerprint density at radius 3 is 2.50 bits per heavy atom. The summed E-state index contributed by atoms with van der Waals surface area (Å²) in [6, 6.07) is 5.09. The first-order valence-corrected chi connectivity index (χ1v) is 9.02. The van der Waals surface area contributed by atoms with Crippen molar-refractivity contribution in [1.82, 2.24) is 4.90 Å². The van der Waals surface area contributed by atoms with E-state index in [0.29, 0.717) is 24.4 Å². The molecule has 0 atom stereocenters. The first-order valence-electron chi connectivity index (χ1n) is 8.23. The number of nitrogens with zero attached hydrogens (tertiary/aromatic N) is 1. The number of likely N-dealkylation sites (N-methyl/N-ethyl adjacent to an activating group) is 1. The monoisotopic (exact) mass is 425 g/mol. The Morgan fingerprint density at radius 1 is 1.23 bits per heavy atom. The van der Waals surface area contributed by atoms with E-state index in [0.717, 1.165) is 10.0 Å². The van der Waals surface area contributed by atoms with Crippen molar-refractivity contribution in [3.8, 4) is 5.75 Å². The molecule has 0 aliphatic heterocycles. The zero-order chi connectivity index (χ0) is 19.7. The van der Waals surface area contributed by atoms with E-state index < -0.39 is 5.97 Å². The van der Waals surface area contributed by atoms with Gasteiger partial charge in [-0.2, -0.15) is 0 Å². The lowest BCUT2D eigenvalue weighted by Crippen LogP contribution is -2.35. The van der Waals surface area contributed by atoms with Crippen molar-refractivity contribution in [2.45, 2.75) is 26.7 Å². The highest BCUT2D eigenvalue weighted by atomic mass is 79.9. The van der Waals surface area contributed by atoms with Crippen LogP contribution in [0.25, 0.3) is 0 Å². The lowest BCUT2D eigenvalue weighted by molar-refractivity contribution is -0.151. The average molecular weight is 426 g/mol. The van der Waals surface area contributed by atoms with Gasteiger partial charge >= 0.3 is 5.97 Å². The van der Waals surface area contributed by atoms with Crippen LogP contribution in [0, 0.1) is 0 Å². The van der Waals surface area contributed by atoms with Crippen molar-refractivity contribution in [2.75, 3.05) is 26.8 Å². The molecule has 1 amide bonds. The highest BCUT2D eigenvalue weighted by molar-refractivity contribution is 9.10. The van der Waals surface area contributed by atoms with Crippen molar-refractivity contribution >= 4 is 33.6 Å². The number of Topliss-reactive ketones (excluding diaryl/α,β-unsaturated/α-hetero) is 1. The Labute approximate surface area is 162 Å². The minimum absolute atomic E-state index is 0.0247. The third kappa shape index (κ3) is 7.00. The van der Waals surface area contributed by atoms with Crippen molar-refractivity contribution < 1.29 is 23.9 Å². The second-order valence-corrected chi connectivity index (χ2v) is 6.71. The van der Waals surface area contributed by atoms with Gasteiger partial charge in [0.25, 0.3) is 5.91 Å². The second-order valence-electron chi connectivity index (χ2n) is 5.79. The highest BCUT2D eigenvalue weighted by Crippen LogP contribution is 2.24. The molecule has 0 fully saturated rings. The van der Waals surface area contributed by atoms with Crippen LogP contribution in [0.2, 0.25) is 0 Å². The van der Waals surface area contributed by atoms with Crippen LogP contribution < -0.4 is 4.74 Å². The SMILES string of the molecule is C=C(C)CN(CC)C(=O)COC(=O)CCC(=O)c1cc(Br)ccc1OC. The van der Waals surface area contributed by atoms with E-state index in [1.54, 1.807) is 23.1 Å². The van der Waals surface area contributed by atoms with Gasteiger partial charge in [-0.25, -0.2) is 0 Å². The van der Waals surface area contributed by atoms with E-state index in [1.807, 2.05) is 13.8 Å². The van der Waals surface area contributed by atoms with Gasteiger partial charge in [0.1, 0.15) is 5.75 Å². The topological polar surface area (TPSA) is 72.9 Å². The number of ether oxygens (including phenoxy) is 2. The van der Waals surface area contributed by atoms with E-state index >= 15 is 0 Å². The number of carbonyl (C=O) groups is 3. The summed E-state index contributed by atoms with van der Waals surface area (Å²) < 4.78 is 10.9. The van der Waals surface area contributed by atoms with Gasteiger partial charge in [0.15, 0.2) is 12.4 Å². The average Bonchev–Trinajstić information content (AvgIpc) is 2.61. The molecule has 26 heavy (non-hydrogen) atoms. The third-order valence-electron chi connectivity index (χ3n) is 3.57. The summed E-state index contributed by atoms with van der Waals surface area (Å²) in [6.45, 7) is 8.02. The number of carbonyl (C=O) groups excluding carboxylic acids is 3. The van der Waals surface area contributed by atoms with E-state index in [2.05, 4.69) is 22.5 Å². The fourth-order valence-electron chi connectivity index (χ4n) is 2.26. The molecule has 0 aliphatic carbocycles. The lowest BCUT2D eigenvalue weighted by Gasteiger charge is -2.20. The molecule has 0 aliphatic rings. The fourth-order valence-corrected chi connectivity index (χ4v) is 2.62. The molecule has 0 bridgehead atoms. The summed E-state index contributed by atoms with van der Waals surface area (Å²) in [5.41, 5.74) is 1.24. The van der Waals surface area contributed by atoms with Crippen LogP contribution >= 0.6 is 15.9 Å². The molecule has 0 unspecified atom stereocenters. The Hall–Kier alpha value is -2.15. The second kappa shape index (κ2) is 10.8. The Balaban J connectivity index is 2.52. The van der Waals surface area contributed by atoms with Gasteiger partial charge in [0.2, 0.25) is 0 Å². The molecule has 1 aromatic carbocycles. The molecule has 0 aromatic heterocycles. The molecule has 0 saturated heterocycles. The van der Waals surface area contributed by atoms with Crippen LogP contribution in [0.15, 0.2) is 34.8 Å². The zero-order valence-electron chi connectivity index (χ0n) is 15.3. The van der Waals surface area contributed by atoms with Crippen LogP contribution in [0.5, 0.6) is 5.75 Å². The van der Waals surface area contributed by atoms with E-state index in [4.69, 9.17) is 9.47 Å². The highest BCUT2D eigenvalue weighted by Gasteiger charge is 2.17. The summed E-state index contributed by atoms with van der Waals surface area (Å²) >= 11 is 3.30. The molecule has 142 valence electrons. The minimum atomic E-state index is -0.591. The molecule has 0 N–H and O–H groups in total. The van der Waals surface area contributed by atoms with E-state index in [-0.39, 0.29) is 31.1 Å². The van der Waals surface area contributed by atoms with Crippen LogP contribution in [-0.4, -0.2) is 49.4 Å². The number of methoxy groups -OCH3 is 1. The van der Waals surface area contributed by atoms with E-state index in [9.17, 15) is 14.4 Å². The number of hydrogen-bond acceptors (Lipinski definition) is 5. The maximum Gasteiger partial charge on any atom is 0.306 e. The molecular weight excluding hydrogens is 402 g/mol. The normalized spacial score (nSPS) is 10.2. The molecule has 0 saturated carbocycles. The number of benzene rings is 1. The first-order chi connectivity index (χ1) is 12.3.